The summed E-state index contributed by atoms with van der Waals surface area (Å²) in [6.45, 7) is 0. The standard InChI is InChI=1S/C44H27N5S2/c1-2-4-31-23-32(6-5-28(31)3-1)33-7-8-35-25-40(20-13-34(35)24-33)49(38-16-9-29(10-17-38)36-14-21-41-43(26-36)47-50-45-41)39-18-11-30(12-19-39)37-15-22-42-44(27-37)48-51-46-42/h1-27H/i13D. The number of benzene rings is 8. The molecule has 0 aliphatic carbocycles. The summed E-state index contributed by atoms with van der Waals surface area (Å²) in [5.74, 6) is 0. The first-order valence-electron chi connectivity index (χ1n) is 17.1. The molecule has 0 fully saturated rings. The van der Waals surface area contributed by atoms with Crippen LogP contribution < -0.4 is 4.90 Å². The van der Waals surface area contributed by atoms with E-state index in [4.69, 9.17) is 0 Å². The van der Waals surface area contributed by atoms with Gasteiger partial charge in [-0.15, -0.1) is 0 Å². The molecule has 10 rings (SSSR count). The largest absolute Gasteiger partial charge is 0.310 e. The second kappa shape index (κ2) is 12.2. The van der Waals surface area contributed by atoms with Crippen LogP contribution in [0.3, 0.4) is 0 Å². The van der Waals surface area contributed by atoms with Crippen LogP contribution in [0.4, 0.5) is 17.1 Å². The monoisotopic (exact) mass is 690 g/mol. The molecule has 8 aromatic carbocycles. The molecule has 2 heterocycles. The zero-order valence-electron chi connectivity index (χ0n) is 28.1. The maximum absolute atomic E-state index is 9.26. The molecule has 51 heavy (non-hydrogen) atoms. The molecule has 0 spiro atoms. The van der Waals surface area contributed by atoms with Gasteiger partial charge in [-0.05, 0) is 128 Å². The van der Waals surface area contributed by atoms with Gasteiger partial charge in [-0.3, -0.25) is 0 Å². The maximum atomic E-state index is 9.26. The quantitative estimate of drug-likeness (QED) is 0.174. The molecule has 0 radical (unpaired) electrons. The van der Waals surface area contributed by atoms with Crippen molar-refractivity contribution in [3.63, 3.8) is 0 Å². The van der Waals surface area contributed by atoms with Gasteiger partial charge >= 0.3 is 0 Å². The molecule has 0 atom stereocenters. The Morgan fingerprint density at radius 3 is 1.41 bits per heavy atom. The smallest absolute Gasteiger partial charge is 0.105 e. The maximum Gasteiger partial charge on any atom is 0.105 e. The number of hydrogen-bond donors (Lipinski definition) is 0. The zero-order valence-corrected chi connectivity index (χ0v) is 28.7. The minimum atomic E-state index is 0.476. The SMILES string of the molecule is [2H]c1cc(N(c2ccc(-c3ccc4nsnc4c3)cc2)c2ccc(-c3ccc4nsnc4c3)cc2)cc2ccc(-c3ccc4ccccc4c3)cc12. The molecular weight excluding hydrogens is 663 g/mol. The third kappa shape index (κ3) is 5.49. The Kier molecular flexibility index (Phi) is 6.85. The van der Waals surface area contributed by atoms with Gasteiger partial charge in [0.05, 0.1) is 24.8 Å². The van der Waals surface area contributed by atoms with Crippen LogP contribution >= 0.6 is 23.5 Å². The third-order valence-corrected chi connectivity index (χ3v) is 10.6. The van der Waals surface area contributed by atoms with Gasteiger partial charge in [-0.25, -0.2) is 0 Å². The summed E-state index contributed by atoms with van der Waals surface area (Å²) in [7, 11) is 0. The molecule has 0 saturated heterocycles. The number of fused-ring (bicyclic) bond motifs is 4. The van der Waals surface area contributed by atoms with Crippen molar-refractivity contribution in [2.75, 3.05) is 4.90 Å². The summed E-state index contributed by atoms with van der Waals surface area (Å²) in [6.07, 6.45) is 0. The van der Waals surface area contributed by atoms with Crippen molar-refractivity contribution in [1.82, 2.24) is 17.5 Å². The number of nitrogens with zero attached hydrogens (tertiary/aromatic N) is 5. The summed E-state index contributed by atoms with van der Waals surface area (Å²) in [5.41, 5.74) is 13.2. The predicted molar refractivity (Wildman–Crippen MR) is 214 cm³/mol. The minimum absolute atomic E-state index is 0.476. The Balaban J connectivity index is 1.05. The molecule has 0 amide bonds. The van der Waals surface area contributed by atoms with Crippen molar-refractivity contribution >= 4 is 84.1 Å². The van der Waals surface area contributed by atoms with Crippen molar-refractivity contribution < 1.29 is 1.37 Å². The lowest BCUT2D eigenvalue weighted by atomic mass is 9.98. The van der Waals surface area contributed by atoms with E-state index >= 15 is 0 Å². The number of rotatable bonds is 6. The summed E-state index contributed by atoms with van der Waals surface area (Å²) in [5, 5.41) is 4.35. The van der Waals surface area contributed by atoms with Gasteiger partial charge in [0, 0.05) is 17.1 Å². The summed E-state index contributed by atoms with van der Waals surface area (Å²) in [6, 6.07) is 55.6. The fraction of sp³-hybridized carbons (Fsp3) is 0. The fourth-order valence-electron chi connectivity index (χ4n) is 6.81. The van der Waals surface area contributed by atoms with Crippen molar-refractivity contribution in [3.8, 4) is 33.4 Å². The highest BCUT2D eigenvalue weighted by Gasteiger charge is 2.15. The van der Waals surface area contributed by atoms with Gasteiger partial charge < -0.3 is 4.90 Å². The van der Waals surface area contributed by atoms with E-state index in [2.05, 4.69) is 162 Å². The molecule has 0 bridgehead atoms. The second-order valence-corrected chi connectivity index (χ2v) is 13.6. The average molecular weight is 691 g/mol. The summed E-state index contributed by atoms with van der Waals surface area (Å²) in [4.78, 5) is 2.23. The normalized spacial score (nSPS) is 11.8. The van der Waals surface area contributed by atoms with E-state index in [0.717, 1.165) is 83.3 Å². The zero-order chi connectivity index (χ0) is 34.6. The van der Waals surface area contributed by atoms with Gasteiger partial charge in [-0.2, -0.15) is 17.5 Å². The topological polar surface area (TPSA) is 54.8 Å². The Morgan fingerprint density at radius 1 is 0.353 bits per heavy atom. The van der Waals surface area contributed by atoms with E-state index in [1.807, 2.05) is 18.2 Å². The lowest BCUT2D eigenvalue weighted by Gasteiger charge is -2.26. The highest BCUT2D eigenvalue weighted by molar-refractivity contribution is 7.00. The molecule has 10 aromatic rings. The Morgan fingerprint density at radius 2 is 0.804 bits per heavy atom. The number of anilines is 3. The van der Waals surface area contributed by atoms with Crippen LogP contribution in [-0.4, -0.2) is 17.5 Å². The first-order chi connectivity index (χ1) is 25.6. The highest BCUT2D eigenvalue weighted by atomic mass is 32.1. The lowest BCUT2D eigenvalue weighted by molar-refractivity contribution is 1.29. The highest BCUT2D eigenvalue weighted by Crippen LogP contribution is 2.39. The van der Waals surface area contributed by atoms with Crippen LogP contribution in [0.5, 0.6) is 0 Å². The fourth-order valence-corrected chi connectivity index (χ4v) is 7.85. The van der Waals surface area contributed by atoms with Crippen LogP contribution in [0.2, 0.25) is 0 Å². The van der Waals surface area contributed by atoms with Crippen molar-refractivity contribution in [1.29, 1.82) is 0 Å². The van der Waals surface area contributed by atoms with Gasteiger partial charge in [0.1, 0.15) is 22.1 Å². The molecule has 2 aromatic heterocycles. The molecule has 0 unspecified atom stereocenters. The first-order valence-corrected chi connectivity index (χ1v) is 18.1. The predicted octanol–water partition coefficient (Wildman–Crippen LogP) is 12.5. The van der Waals surface area contributed by atoms with E-state index in [9.17, 15) is 1.37 Å². The van der Waals surface area contributed by atoms with Gasteiger partial charge in [0.2, 0.25) is 0 Å². The molecule has 0 N–H and O–H groups in total. The molecule has 240 valence electrons. The van der Waals surface area contributed by atoms with Crippen LogP contribution in [0.25, 0.3) is 77.0 Å². The van der Waals surface area contributed by atoms with Crippen molar-refractivity contribution in [3.05, 3.63) is 164 Å². The molecular formula is C44H27N5S2. The Bertz CT molecular complexity index is 2820. The third-order valence-electron chi connectivity index (χ3n) is 9.50. The van der Waals surface area contributed by atoms with Crippen molar-refractivity contribution in [2.24, 2.45) is 0 Å². The van der Waals surface area contributed by atoms with E-state index in [0.29, 0.717) is 6.04 Å². The van der Waals surface area contributed by atoms with Crippen molar-refractivity contribution in [2.45, 2.75) is 0 Å². The molecule has 0 saturated carbocycles. The van der Waals surface area contributed by atoms with E-state index in [-0.39, 0.29) is 0 Å². The molecule has 0 aliphatic rings. The van der Waals surface area contributed by atoms with Crippen LogP contribution in [0, 0.1) is 0 Å². The lowest BCUT2D eigenvalue weighted by Crippen LogP contribution is -2.09. The van der Waals surface area contributed by atoms with Gasteiger partial charge in [0.25, 0.3) is 0 Å². The van der Waals surface area contributed by atoms with Gasteiger partial charge in [0.15, 0.2) is 0 Å². The van der Waals surface area contributed by atoms with E-state index in [1.165, 1.54) is 34.2 Å². The first kappa shape index (κ1) is 28.5. The number of hydrogen-bond acceptors (Lipinski definition) is 7. The summed E-state index contributed by atoms with van der Waals surface area (Å²) >= 11 is 2.47. The van der Waals surface area contributed by atoms with Crippen LogP contribution in [0.1, 0.15) is 1.37 Å². The second-order valence-electron chi connectivity index (χ2n) is 12.6. The molecule has 7 heteroatoms. The summed E-state index contributed by atoms with van der Waals surface area (Å²) < 4.78 is 26.9. The van der Waals surface area contributed by atoms with Crippen LogP contribution in [-0.2, 0) is 0 Å². The molecule has 0 aliphatic heterocycles. The Labute approximate surface area is 303 Å². The Hall–Kier alpha value is -6.28. The minimum Gasteiger partial charge on any atom is -0.310 e. The average Bonchev–Trinajstić information content (AvgIpc) is 3.88. The van der Waals surface area contributed by atoms with Gasteiger partial charge in [-0.1, -0.05) is 91.0 Å². The van der Waals surface area contributed by atoms with E-state index in [1.54, 1.807) is 0 Å². The molecule has 5 nitrogen and oxygen atoms in total. The van der Waals surface area contributed by atoms with E-state index < -0.39 is 0 Å². The van der Waals surface area contributed by atoms with Crippen LogP contribution in [0.15, 0.2) is 164 Å². The number of aromatic nitrogens is 4.